The zero-order chi connectivity index (χ0) is 41.5. The Balaban J connectivity index is 0.000000732. The van der Waals surface area contributed by atoms with E-state index in [1.54, 1.807) is 0 Å². The van der Waals surface area contributed by atoms with Crippen LogP contribution in [-0.4, -0.2) is 4.98 Å². The molecule has 61 heavy (non-hydrogen) atoms. The lowest BCUT2D eigenvalue weighted by molar-refractivity contribution is 1.49. The van der Waals surface area contributed by atoms with Crippen LogP contribution >= 0.6 is 14.1 Å². The van der Waals surface area contributed by atoms with E-state index >= 15 is 0 Å². The van der Waals surface area contributed by atoms with Crippen LogP contribution in [0, 0.1) is 13.8 Å². The fraction of sp³-hybridized carbons (Fsp3) is 0.0357. The van der Waals surface area contributed by atoms with Crippen molar-refractivity contribution in [3.05, 3.63) is 254 Å². The molecular formula is C56H47N3P2. The quantitative estimate of drug-likeness (QED) is 0.148. The van der Waals surface area contributed by atoms with Crippen LogP contribution in [0.25, 0.3) is 21.8 Å². The van der Waals surface area contributed by atoms with E-state index in [9.17, 15) is 0 Å². The highest BCUT2D eigenvalue weighted by Gasteiger charge is 2.34. The van der Waals surface area contributed by atoms with Gasteiger partial charge in [0.15, 0.2) is 0 Å². The summed E-state index contributed by atoms with van der Waals surface area (Å²) in [5.74, 6) is 0. The Hall–Kier alpha value is -6.76. The predicted octanol–water partition coefficient (Wildman–Crippen LogP) is 13.2. The topological polar surface area (TPSA) is 40.5 Å². The van der Waals surface area contributed by atoms with Crippen LogP contribution in [0.15, 0.2) is 252 Å². The van der Waals surface area contributed by atoms with E-state index in [2.05, 4.69) is 225 Å². The van der Waals surface area contributed by atoms with Gasteiger partial charge in [-0.25, -0.2) is 0 Å². The third-order valence-electron chi connectivity index (χ3n) is 11.0. The summed E-state index contributed by atoms with van der Waals surface area (Å²) in [7, 11) is -5.32. The number of hydrogen-bond acceptors (Lipinski definition) is 2. The molecule has 1 aromatic heterocycles. The van der Waals surface area contributed by atoms with Crippen LogP contribution in [-0.2, 0) is 0 Å². The average molecular weight is 824 g/mol. The number of fused-ring (bicyclic) bond motifs is 3. The summed E-state index contributed by atoms with van der Waals surface area (Å²) in [5, 5.41) is 9.67. The summed E-state index contributed by atoms with van der Waals surface area (Å²) in [5.41, 5.74) is 6.56. The highest BCUT2D eigenvalue weighted by Crippen LogP contribution is 2.53. The lowest BCUT2D eigenvalue weighted by Crippen LogP contribution is -2.27. The van der Waals surface area contributed by atoms with Crippen LogP contribution in [0.3, 0.4) is 0 Å². The first-order chi connectivity index (χ1) is 30.1. The molecule has 10 rings (SSSR count). The molecule has 0 aliphatic rings. The third kappa shape index (κ3) is 7.87. The molecule has 0 aliphatic heterocycles. The van der Waals surface area contributed by atoms with Gasteiger partial charge in [-0.2, -0.15) is 0 Å². The second-order valence-corrected chi connectivity index (χ2v) is 21.1. The predicted molar refractivity (Wildman–Crippen MR) is 266 cm³/mol. The number of H-pyrrole nitrogens is 1. The van der Waals surface area contributed by atoms with E-state index in [1.807, 2.05) is 36.4 Å². The number of aromatic nitrogens is 1. The molecule has 296 valence electrons. The molecule has 1 heterocycles. The Morgan fingerprint density at radius 3 is 0.836 bits per heavy atom. The summed E-state index contributed by atoms with van der Waals surface area (Å²) in [4.78, 5) is 4.17. The van der Waals surface area contributed by atoms with Gasteiger partial charge in [-0.15, -0.1) is 0 Å². The number of nitrogens with one attached hydrogen (secondary N) is 1. The van der Waals surface area contributed by atoms with Gasteiger partial charge in [0, 0.05) is 42.6 Å². The van der Waals surface area contributed by atoms with Crippen molar-refractivity contribution in [2.75, 3.05) is 0 Å². The molecule has 0 bridgehead atoms. The van der Waals surface area contributed by atoms with Gasteiger partial charge in [0.2, 0.25) is 0 Å². The summed E-state index contributed by atoms with van der Waals surface area (Å²) < 4.78 is 11.8. The minimum absolute atomic E-state index is 0.964. The molecule has 0 radical (unpaired) electrons. The Morgan fingerprint density at radius 1 is 0.311 bits per heavy atom. The zero-order valence-electron chi connectivity index (χ0n) is 34.4. The molecule has 0 saturated heterocycles. The van der Waals surface area contributed by atoms with Gasteiger partial charge in [-0.3, -0.25) is 9.49 Å². The number of rotatable bonds is 8. The van der Waals surface area contributed by atoms with Crippen molar-refractivity contribution >= 4 is 79.1 Å². The summed E-state index contributed by atoms with van der Waals surface area (Å²) >= 11 is 0. The van der Waals surface area contributed by atoms with E-state index in [1.165, 1.54) is 53.7 Å². The van der Waals surface area contributed by atoms with E-state index in [0.29, 0.717) is 0 Å². The molecule has 0 aliphatic carbocycles. The smallest absolute Gasteiger partial charge is 0.0632 e. The molecule has 0 unspecified atom stereocenters. The van der Waals surface area contributed by atoms with Gasteiger partial charge in [0.05, 0.1) is 36.5 Å². The maximum atomic E-state index is 5.88. The molecule has 3 nitrogen and oxygen atoms in total. The van der Waals surface area contributed by atoms with Gasteiger partial charge in [-0.1, -0.05) is 194 Å². The number of nitrogens with zero attached hydrogens (tertiary/aromatic N) is 2. The van der Waals surface area contributed by atoms with E-state index in [0.717, 1.165) is 22.4 Å². The fourth-order valence-electron chi connectivity index (χ4n) is 8.35. The van der Waals surface area contributed by atoms with Crippen molar-refractivity contribution in [3.8, 4) is 0 Å². The van der Waals surface area contributed by atoms with Crippen molar-refractivity contribution in [1.82, 2.24) is 4.98 Å². The molecule has 1 N–H and O–H groups in total. The molecule has 10 aromatic rings. The monoisotopic (exact) mass is 823 g/mol. The molecule has 0 spiro atoms. The summed E-state index contributed by atoms with van der Waals surface area (Å²) in [6.07, 6.45) is 0. The Bertz CT molecular complexity index is 2820. The van der Waals surface area contributed by atoms with Crippen LogP contribution in [0.4, 0.5) is 11.4 Å². The van der Waals surface area contributed by atoms with E-state index < -0.39 is 14.1 Å². The van der Waals surface area contributed by atoms with Crippen molar-refractivity contribution in [1.29, 1.82) is 0 Å². The van der Waals surface area contributed by atoms with E-state index in [-0.39, 0.29) is 0 Å². The zero-order valence-corrected chi connectivity index (χ0v) is 36.2. The maximum absolute atomic E-state index is 5.88. The number of aryl methyl sites for hydroxylation is 2. The minimum atomic E-state index is -2.66. The second-order valence-electron chi connectivity index (χ2n) is 15.2. The molecule has 0 atom stereocenters. The minimum Gasteiger partial charge on any atom is -0.353 e. The number of hydrogen-bond donors (Lipinski definition) is 1. The first-order valence-corrected chi connectivity index (χ1v) is 24.2. The van der Waals surface area contributed by atoms with Crippen LogP contribution < -0.4 is 31.8 Å². The largest absolute Gasteiger partial charge is 0.353 e. The van der Waals surface area contributed by atoms with Crippen molar-refractivity contribution in [2.24, 2.45) is 9.49 Å². The Morgan fingerprint density at radius 2 is 0.557 bits per heavy atom. The maximum Gasteiger partial charge on any atom is 0.0632 e. The van der Waals surface area contributed by atoms with Crippen molar-refractivity contribution < 1.29 is 0 Å². The van der Waals surface area contributed by atoms with Gasteiger partial charge >= 0.3 is 0 Å². The molecular weight excluding hydrogens is 777 g/mol. The third-order valence-corrected chi connectivity index (χ3v) is 18.3. The Labute approximate surface area is 359 Å². The lowest BCUT2D eigenvalue weighted by atomic mass is 10.1. The lowest BCUT2D eigenvalue weighted by Gasteiger charge is -2.28. The average Bonchev–Trinajstić information content (AvgIpc) is 3.70. The van der Waals surface area contributed by atoms with Crippen molar-refractivity contribution in [2.45, 2.75) is 13.8 Å². The van der Waals surface area contributed by atoms with Gasteiger partial charge in [-0.05, 0) is 73.5 Å². The van der Waals surface area contributed by atoms with E-state index in [4.69, 9.17) is 9.49 Å². The molecule has 5 heteroatoms. The SMILES string of the molecule is Cc1cc(P(=Nc2ccccc2)(c2ccccc2)c2ccccc2)c2[nH]c3c(P(=Nc4ccccc4)(c4ccccc4)c4ccccc4)cc(C)cc3c2c1.c1ccccc1. The molecule has 0 fully saturated rings. The second kappa shape index (κ2) is 17.8. The summed E-state index contributed by atoms with van der Waals surface area (Å²) in [6.45, 7) is 4.45. The normalized spacial score (nSPS) is 11.4. The molecule has 0 amide bonds. The molecule has 0 saturated carbocycles. The van der Waals surface area contributed by atoms with Gasteiger partial charge < -0.3 is 4.98 Å². The highest BCUT2D eigenvalue weighted by atomic mass is 31.2. The summed E-state index contributed by atoms with van der Waals surface area (Å²) in [6, 6.07) is 86.2. The fourth-order valence-corrected chi connectivity index (χ4v) is 15.9. The van der Waals surface area contributed by atoms with Crippen molar-refractivity contribution in [3.63, 3.8) is 0 Å². The van der Waals surface area contributed by atoms with Crippen LogP contribution in [0.2, 0.25) is 0 Å². The van der Waals surface area contributed by atoms with Gasteiger partial charge in [0.25, 0.3) is 0 Å². The molecule has 9 aromatic carbocycles. The van der Waals surface area contributed by atoms with Crippen LogP contribution in [0.1, 0.15) is 11.1 Å². The first kappa shape index (κ1) is 39.7. The van der Waals surface area contributed by atoms with Gasteiger partial charge in [0.1, 0.15) is 0 Å². The van der Waals surface area contributed by atoms with Crippen LogP contribution in [0.5, 0.6) is 0 Å². The highest BCUT2D eigenvalue weighted by molar-refractivity contribution is 7.88. The Kier molecular flexibility index (Phi) is 11.6. The number of aromatic amines is 1. The first-order valence-electron chi connectivity index (χ1n) is 20.7. The standard InChI is InChI=1S/C50H41N3P2.C6H6/c1-37-33-45-46-34-38(2)36-48(55(43-29-17-7-18-30-43,44-31-19-8-20-32-44)53-40-23-11-4-12-24-40)50(46)51-49(45)47(35-37)54(41-25-13-5-14-26-41,42-27-15-6-16-28-42)52-39-21-9-3-10-22-39;1-2-4-6-5-3-1/h3-36,51H,1-2H3;1-6H. The number of benzene rings is 9.